The number of ether oxygens (including phenoxy) is 1. The molecule has 2 aliphatic rings. The first kappa shape index (κ1) is 24.4. The highest BCUT2D eigenvalue weighted by Crippen LogP contribution is 2.42. The van der Waals surface area contributed by atoms with E-state index in [-0.39, 0.29) is 17.4 Å². The molecule has 0 bridgehead atoms. The zero-order chi connectivity index (χ0) is 26.1. The summed E-state index contributed by atoms with van der Waals surface area (Å²) >= 11 is 0. The molecule has 1 aliphatic heterocycles. The van der Waals surface area contributed by atoms with Crippen LogP contribution in [-0.4, -0.2) is 33.9 Å². The SMILES string of the molecule is CC(C)OC(=O)c1ccc(N2C(=O)C(=O)/C(=C(\O)c3ccc4c(c3)CCCC4)C2c2ccncc2)cc1. The molecule has 3 aromatic rings. The molecule has 0 spiro atoms. The molecule has 1 aliphatic carbocycles. The molecule has 1 aromatic heterocycles. The van der Waals surface area contributed by atoms with E-state index in [1.807, 2.05) is 18.2 Å². The molecule has 5 rings (SSSR count). The molecule has 1 unspecified atom stereocenters. The van der Waals surface area contributed by atoms with Gasteiger partial charge >= 0.3 is 5.97 Å². The van der Waals surface area contributed by atoms with Crippen molar-refractivity contribution >= 4 is 29.1 Å². The predicted molar refractivity (Wildman–Crippen MR) is 139 cm³/mol. The van der Waals surface area contributed by atoms with Gasteiger partial charge in [0.05, 0.1) is 23.3 Å². The zero-order valence-corrected chi connectivity index (χ0v) is 20.8. The van der Waals surface area contributed by atoms with Crippen LogP contribution in [0.4, 0.5) is 5.69 Å². The molecule has 7 nitrogen and oxygen atoms in total. The standard InChI is InChI=1S/C30H28N2O5/c1-18(2)37-30(36)21-9-11-24(12-10-21)32-26(20-13-15-31-16-14-20)25(28(34)29(32)35)27(33)23-8-7-19-5-3-4-6-22(19)17-23/h7-18,26,33H,3-6H2,1-2H3/b27-25-. The zero-order valence-electron chi connectivity index (χ0n) is 20.8. The Morgan fingerprint density at radius 1 is 0.946 bits per heavy atom. The molecular weight excluding hydrogens is 468 g/mol. The van der Waals surface area contributed by atoms with Gasteiger partial charge in [-0.2, -0.15) is 0 Å². The van der Waals surface area contributed by atoms with E-state index >= 15 is 0 Å². The lowest BCUT2D eigenvalue weighted by molar-refractivity contribution is -0.132. The summed E-state index contributed by atoms with van der Waals surface area (Å²) in [6.07, 6.45) is 7.04. The number of aryl methyl sites for hydroxylation is 2. The summed E-state index contributed by atoms with van der Waals surface area (Å²) in [7, 11) is 0. The van der Waals surface area contributed by atoms with Gasteiger partial charge in [-0.25, -0.2) is 4.79 Å². The summed E-state index contributed by atoms with van der Waals surface area (Å²) in [6.45, 7) is 3.53. The monoisotopic (exact) mass is 496 g/mol. The van der Waals surface area contributed by atoms with E-state index < -0.39 is 23.7 Å². The van der Waals surface area contributed by atoms with Gasteiger partial charge in [0.25, 0.3) is 11.7 Å². The van der Waals surface area contributed by atoms with E-state index in [1.54, 1.807) is 62.6 Å². The highest BCUT2D eigenvalue weighted by atomic mass is 16.5. The number of aliphatic hydroxyl groups is 1. The number of hydrogen-bond acceptors (Lipinski definition) is 6. The number of carbonyl (C=O) groups excluding carboxylic acids is 3. The normalized spacial score (nSPS) is 18.7. The molecule has 1 fully saturated rings. The van der Waals surface area contributed by atoms with Crippen LogP contribution in [0.15, 0.2) is 72.6 Å². The first-order chi connectivity index (χ1) is 17.8. The molecule has 0 saturated carbocycles. The Bertz CT molecular complexity index is 1390. The van der Waals surface area contributed by atoms with Crippen LogP contribution in [0.2, 0.25) is 0 Å². The summed E-state index contributed by atoms with van der Waals surface area (Å²) in [5, 5.41) is 11.4. The summed E-state index contributed by atoms with van der Waals surface area (Å²) in [5.41, 5.74) is 4.36. The molecule has 2 heterocycles. The minimum atomic E-state index is -0.854. The van der Waals surface area contributed by atoms with Crippen LogP contribution >= 0.6 is 0 Å². The number of hydrogen-bond donors (Lipinski definition) is 1. The van der Waals surface area contributed by atoms with E-state index in [1.165, 1.54) is 10.5 Å². The van der Waals surface area contributed by atoms with Crippen LogP contribution in [0.3, 0.4) is 0 Å². The number of esters is 1. The number of rotatable bonds is 5. The van der Waals surface area contributed by atoms with E-state index in [2.05, 4.69) is 4.98 Å². The number of amides is 1. The summed E-state index contributed by atoms with van der Waals surface area (Å²) in [4.78, 5) is 44.4. The Kier molecular flexibility index (Phi) is 6.61. The fourth-order valence-electron chi connectivity index (χ4n) is 5.04. The summed E-state index contributed by atoms with van der Waals surface area (Å²) in [5.74, 6) is -2.19. The quantitative estimate of drug-likeness (QED) is 0.227. The first-order valence-electron chi connectivity index (χ1n) is 12.5. The molecule has 7 heteroatoms. The van der Waals surface area contributed by atoms with Gasteiger partial charge in [0.1, 0.15) is 5.76 Å². The molecule has 1 N–H and O–H groups in total. The van der Waals surface area contributed by atoms with Crippen LogP contribution in [0, 0.1) is 0 Å². The highest BCUT2D eigenvalue weighted by Gasteiger charge is 2.47. The fourth-order valence-corrected chi connectivity index (χ4v) is 5.04. The van der Waals surface area contributed by atoms with E-state index in [0.717, 1.165) is 31.2 Å². The third-order valence-corrected chi connectivity index (χ3v) is 6.81. The maximum absolute atomic E-state index is 13.4. The Balaban J connectivity index is 1.59. The van der Waals surface area contributed by atoms with Gasteiger partial charge in [0.15, 0.2) is 0 Å². The summed E-state index contributed by atoms with van der Waals surface area (Å²) < 4.78 is 5.25. The highest BCUT2D eigenvalue weighted by molar-refractivity contribution is 6.51. The van der Waals surface area contributed by atoms with E-state index in [0.29, 0.717) is 22.4 Å². The number of Topliss-reactive ketones (excluding diaryl/α,β-unsaturated/α-hetero) is 1. The van der Waals surface area contributed by atoms with Gasteiger partial charge in [0, 0.05) is 23.6 Å². The minimum Gasteiger partial charge on any atom is -0.507 e. The van der Waals surface area contributed by atoms with Crippen LogP contribution in [0.1, 0.15) is 65.3 Å². The number of pyridine rings is 1. The molecule has 1 saturated heterocycles. The van der Waals surface area contributed by atoms with Crippen LogP contribution in [0.5, 0.6) is 0 Å². The van der Waals surface area contributed by atoms with Crippen molar-refractivity contribution in [2.24, 2.45) is 0 Å². The van der Waals surface area contributed by atoms with Crippen LogP contribution in [-0.2, 0) is 27.2 Å². The van der Waals surface area contributed by atoms with Crippen molar-refractivity contribution in [2.45, 2.75) is 51.7 Å². The molecule has 37 heavy (non-hydrogen) atoms. The van der Waals surface area contributed by atoms with Crippen molar-refractivity contribution < 1.29 is 24.2 Å². The topological polar surface area (TPSA) is 96.8 Å². The van der Waals surface area contributed by atoms with Gasteiger partial charge in [-0.15, -0.1) is 0 Å². The number of carbonyl (C=O) groups is 3. The second-order valence-electron chi connectivity index (χ2n) is 9.64. The summed E-state index contributed by atoms with van der Waals surface area (Å²) in [6, 6.07) is 14.7. The van der Waals surface area contributed by atoms with Crippen LogP contribution in [0.25, 0.3) is 5.76 Å². The molecule has 0 radical (unpaired) electrons. The smallest absolute Gasteiger partial charge is 0.338 e. The van der Waals surface area contributed by atoms with Crippen molar-refractivity contribution in [3.63, 3.8) is 0 Å². The predicted octanol–water partition coefficient (Wildman–Crippen LogP) is 5.15. The van der Waals surface area contributed by atoms with Crippen LogP contribution < -0.4 is 4.90 Å². The Labute approximate surface area is 215 Å². The molecule has 1 atom stereocenters. The van der Waals surface area contributed by atoms with Gasteiger partial charge in [-0.1, -0.05) is 12.1 Å². The number of aromatic nitrogens is 1. The number of fused-ring (bicyclic) bond motifs is 1. The largest absolute Gasteiger partial charge is 0.507 e. The Morgan fingerprint density at radius 3 is 2.27 bits per heavy atom. The van der Waals surface area contributed by atoms with Gasteiger partial charge in [-0.3, -0.25) is 19.5 Å². The van der Waals surface area contributed by atoms with Gasteiger partial charge in [-0.05, 0) is 98.7 Å². The average Bonchev–Trinajstić information content (AvgIpc) is 3.18. The van der Waals surface area contributed by atoms with Crippen molar-refractivity contribution in [1.29, 1.82) is 0 Å². The Morgan fingerprint density at radius 2 is 1.59 bits per heavy atom. The number of benzene rings is 2. The van der Waals surface area contributed by atoms with Crippen molar-refractivity contribution in [3.05, 3.63) is 100 Å². The van der Waals surface area contributed by atoms with E-state index in [4.69, 9.17) is 4.74 Å². The van der Waals surface area contributed by atoms with Gasteiger partial charge < -0.3 is 9.84 Å². The van der Waals surface area contributed by atoms with Crippen molar-refractivity contribution in [1.82, 2.24) is 4.98 Å². The molecule has 188 valence electrons. The Hall–Kier alpha value is -4.26. The maximum Gasteiger partial charge on any atom is 0.338 e. The lowest BCUT2D eigenvalue weighted by atomic mass is 9.89. The molecule has 1 amide bonds. The second kappa shape index (κ2) is 10.0. The lowest BCUT2D eigenvalue weighted by Crippen LogP contribution is -2.29. The third kappa shape index (κ3) is 4.65. The van der Waals surface area contributed by atoms with E-state index in [9.17, 15) is 19.5 Å². The molecule has 2 aromatic carbocycles. The number of ketones is 1. The number of aliphatic hydroxyl groups excluding tert-OH is 1. The third-order valence-electron chi connectivity index (χ3n) is 6.81. The van der Waals surface area contributed by atoms with Crippen molar-refractivity contribution in [3.8, 4) is 0 Å². The lowest BCUT2D eigenvalue weighted by Gasteiger charge is -2.25. The maximum atomic E-state index is 13.4. The minimum absolute atomic E-state index is 0.0234. The first-order valence-corrected chi connectivity index (χ1v) is 12.5. The average molecular weight is 497 g/mol. The second-order valence-corrected chi connectivity index (χ2v) is 9.64. The number of nitrogens with zero attached hydrogens (tertiary/aromatic N) is 2. The fraction of sp³-hybridized carbons (Fsp3) is 0.267. The van der Waals surface area contributed by atoms with Gasteiger partial charge in [0.2, 0.25) is 0 Å². The molecular formula is C30H28N2O5. The number of anilines is 1. The van der Waals surface area contributed by atoms with Crippen molar-refractivity contribution in [2.75, 3.05) is 4.90 Å².